The maximum Gasteiger partial charge on any atom is 0.217 e. The Kier molecular flexibility index (Phi) is 18.1. The fraction of sp³-hybridized carbons (Fsp3) is 0.941. The second kappa shape index (κ2) is 22.0. The third-order valence-corrected chi connectivity index (χ3v) is 11.1. The minimum atomic E-state index is -2.07. The minimum Gasteiger partial charge on any atom is -0.394 e. The van der Waals surface area contributed by atoms with Crippen LogP contribution in [0.15, 0.2) is 0 Å². The van der Waals surface area contributed by atoms with E-state index in [0.717, 1.165) is 13.8 Å². The molecule has 5 aliphatic rings. The van der Waals surface area contributed by atoms with Gasteiger partial charge in [0.2, 0.25) is 11.8 Å². The number of ether oxygens (including phenoxy) is 9. The van der Waals surface area contributed by atoms with Crippen LogP contribution < -0.4 is 10.6 Å². The number of hydrogen-bond acceptors (Lipinski definition) is 26. The van der Waals surface area contributed by atoms with Crippen molar-refractivity contribution < 1.29 is 129 Å². The van der Waals surface area contributed by atoms with Crippen molar-refractivity contribution in [3.63, 3.8) is 0 Å². The second-order valence-electron chi connectivity index (χ2n) is 15.5. The van der Waals surface area contributed by atoms with Crippen LogP contribution in [0.5, 0.6) is 0 Å². The van der Waals surface area contributed by atoms with Crippen LogP contribution in [0.4, 0.5) is 0 Å². The third-order valence-electron chi connectivity index (χ3n) is 11.1. The fourth-order valence-electron chi connectivity index (χ4n) is 7.73. The van der Waals surface area contributed by atoms with Crippen molar-refractivity contribution in [3.8, 4) is 0 Å². The van der Waals surface area contributed by atoms with Gasteiger partial charge in [0.25, 0.3) is 0 Å². The molecule has 5 heterocycles. The van der Waals surface area contributed by atoms with Gasteiger partial charge < -0.3 is 130 Å². The van der Waals surface area contributed by atoms with Gasteiger partial charge in [-0.3, -0.25) is 9.59 Å². The highest BCUT2D eigenvalue weighted by Gasteiger charge is 2.55. The molecule has 0 aromatic heterocycles. The molecule has 28 heteroatoms. The number of aliphatic hydroxyl groups excluding tert-OH is 15. The van der Waals surface area contributed by atoms with E-state index >= 15 is 0 Å². The highest BCUT2D eigenvalue weighted by atomic mass is 16.8. The summed E-state index contributed by atoms with van der Waals surface area (Å²) in [6.45, 7) is -2.21. The standard InChI is InChI=1S/C34H58N2O26/c1-8(41)35-15-20(46)27(12(5-39)55-30(15)53)60-33-25(51)23(49)18(44)14(59-33)7-54-31-16(36-9(2)42)21(47)28(13(6-40)58-31)61-34-26(52)29(19(45)11(4-38)57-34)62-32-24(50)22(48)17(43)10(3-37)56-32/h10-34,37-40,43-53H,3-7H2,1-2H3,(H,35,41)(H,36,42)/t10-,11-,12-,13-,14-,15-,16-,17+,18+,19+,20-,21-,22+,23+,24-,25-,26-,27-,28-,29+,30?,31-,32-,33+,34+/m1/s1. The zero-order chi connectivity index (χ0) is 45.9. The van der Waals surface area contributed by atoms with Crippen LogP contribution in [-0.2, 0) is 52.2 Å². The first kappa shape index (κ1) is 51.0. The van der Waals surface area contributed by atoms with Crippen molar-refractivity contribution in [3.05, 3.63) is 0 Å². The van der Waals surface area contributed by atoms with Gasteiger partial charge in [-0.05, 0) is 0 Å². The summed E-state index contributed by atoms with van der Waals surface area (Å²) in [5.41, 5.74) is 0. The molecule has 0 bridgehead atoms. The molecule has 28 nitrogen and oxygen atoms in total. The number of aliphatic hydroxyl groups is 15. The predicted molar refractivity (Wildman–Crippen MR) is 190 cm³/mol. The van der Waals surface area contributed by atoms with E-state index < -0.39 is 198 Å². The molecule has 0 radical (unpaired) electrons. The van der Waals surface area contributed by atoms with Gasteiger partial charge in [0, 0.05) is 13.8 Å². The molecular formula is C34H58N2O26. The van der Waals surface area contributed by atoms with E-state index in [4.69, 9.17) is 42.6 Å². The minimum absolute atomic E-state index is 0.681. The van der Waals surface area contributed by atoms with E-state index in [0.29, 0.717) is 0 Å². The van der Waals surface area contributed by atoms with Crippen molar-refractivity contribution in [2.45, 2.75) is 167 Å². The number of amides is 2. The number of rotatable bonds is 15. The molecule has 2 amide bonds. The molecule has 1 unspecified atom stereocenters. The molecule has 0 aliphatic carbocycles. The summed E-state index contributed by atoms with van der Waals surface area (Å²) >= 11 is 0. The van der Waals surface area contributed by atoms with Crippen LogP contribution in [0.1, 0.15) is 13.8 Å². The zero-order valence-corrected chi connectivity index (χ0v) is 33.2. The van der Waals surface area contributed by atoms with Crippen molar-refractivity contribution in [1.82, 2.24) is 10.6 Å². The summed E-state index contributed by atoms with van der Waals surface area (Å²) < 4.78 is 50.4. The second-order valence-corrected chi connectivity index (χ2v) is 15.5. The molecule has 360 valence electrons. The Bertz CT molecular complexity index is 1440. The first-order valence-electron chi connectivity index (χ1n) is 19.6. The molecule has 0 aromatic rings. The molecule has 5 aliphatic heterocycles. The van der Waals surface area contributed by atoms with Crippen LogP contribution in [-0.4, -0.2) is 275 Å². The summed E-state index contributed by atoms with van der Waals surface area (Å²) in [5.74, 6) is -1.45. The molecule has 5 fully saturated rings. The first-order valence-corrected chi connectivity index (χ1v) is 19.6. The average Bonchev–Trinajstić information content (AvgIpc) is 3.23. The quantitative estimate of drug-likeness (QED) is 0.0725. The van der Waals surface area contributed by atoms with Crippen LogP contribution in [0.2, 0.25) is 0 Å². The number of carbonyl (C=O) groups is 2. The van der Waals surface area contributed by atoms with E-state index in [1.807, 2.05) is 0 Å². The van der Waals surface area contributed by atoms with Gasteiger partial charge in [0.1, 0.15) is 122 Å². The normalized spacial score (nSPS) is 49.0. The monoisotopic (exact) mass is 910 g/mol. The van der Waals surface area contributed by atoms with Crippen molar-refractivity contribution in [2.24, 2.45) is 0 Å². The van der Waals surface area contributed by atoms with Gasteiger partial charge >= 0.3 is 0 Å². The molecule has 5 rings (SSSR count). The summed E-state index contributed by atoms with van der Waals surface area (Å²) in [4.78, 5) is 24.0. The van der Waals surface area contributed by atoms with E-state index in [2.05, 4.69) is 10.6 Å². The van der Waals surface area contributed by atoms with Crippen LogP contribution in [0, 0.1) is 0 Å². The van der Waals surface area contributed by atoms with Gasteiger partial charge in [0.05, 0.1) is 33.0 Å². The Balaban J connectivity index is 1.29. The lowest BCUT2D eigenvalue weighted by molar-refractivity contribution is -0.377. The average molecular weight is 911 g/mol. The van der Waals surface area contributed by atoms with Crippen molar-refractivity contribution >= 4 is 11.8 Å². The van der Waals surface area contributed by atoms with Crippen LogP contribution in [0.25, 0.3) is 0 Å². The molecule has 17 N–H and O–H groups in total. The van der Waals surface area contributed by atoms with Gasteiger partial charge in [-0.25, -0.2) is 0 Å². The summed E-state index contributed by atoms with van der Waals surface area (Å²) in [6, 6.07) is -3.09. The lowest BCUT2D eigenvalue weighted by Gasteiger charge is -2.49. The number of nitrogens with one attached hydrogen (secondary N) is 2. The maximum absolute atomic E-state index is 12.3. The molecule has 0 aromatic carbocycles. The van der Waals surface area contributed by atoms with E-state index in [-0.39, 0.29) is 0 Å². The van der Waals surface area contributed by atoms with E-state index in [9.17, 15) is 86.2 Å². The lowest BCUT2D eigenvalue weighted by Crippen LogP contribution is -2.69. The first-order chi connectivity index (χ1) is 29.3. The zero-order valence-electron chi connectivity index (χ0n) is 33.2. The lowest BCUT2D eigenvalue weighted by atomic mass is 9.94. The van der Waals surface area contributed by atoms with E-state index in [1.54, 1.807) is 0 Å². The van der Waals surface area contributed by atoms with Crippen molar-refractivity contribution in [2.75, 3.05) is 33.0 Å². The summed E-state index contributed by atoms with van der Waals surface area (Å²) in [5, 5.41) is 162. The smallest absolute Gasteiger partial charge is 0.217 e. The highest BCUT2D eigenvalue weighted by Crippen LogP contribution is 2.34. The largest absolute Gasteiger partial charge is 0.394 e. The van der Waals surface area contributed by atoms with E-state index in [1.165, 1.54) is 0 Å². The van der Waals surface area contributed by atoms with Gasteiger partial charge in [-0.2, -0.15) is 0 Å². The molecule has 5 saturated heterocycles. The maximum atomic E-state index is 12.3. The Labute approximate surface area is 351 Å². The van der Waals surface area contributed by atoms with Gasteiger partial charge in [0.15, 0.2) is 31.5 Å². The molecule has 0 saturated carbocycles. The molecular weight excluding hydrogens is 852 g/mol. The van der Waals surface area contributed by atoms with Crippen LogP contribution >= 0.6 is 0 Å². The number of hydrogen-bond donors (Lipinski definition) is 17. The Morgan fingerprint density at radius 1 is 0.419 bits per heavy atom. The Morgan fingerprint density at radius 2 is 0.806 bits per heavy atom. The molecule has 62 heavy (non-hydrogen) atoms. The van der Waals surface area contributed by atoms with Crippen molar-refractivity contribution in [1.29, 1.82) is 0 Å². The SMILES string of the molecule is CC(=O)N[C@H]1[C@H](OC[C@H]2O[C@@H](O[C@H]3[C@H](O)[C@@H](NC(C)=O)C(O)O[C@@H]3CO)[C@H](O)[C@@H](O)[C@H]2O)O[C@H](CO)[C@@H](O[C@@H]2O[C@H](CO)[C@H](O)[C@H](O[C@H]3O[C@H](CO)[C@H](O)[C@H](O)[C@H]3O)[C@H]2O)[C@@H]1O. The highest BCUT2D eigenvalue weighted by molar-refractivity contribution is 5.73. The summed E-state index contributed by atoms with van der Waals surface area (Å²) in [7, 11) is 0. The van der Waals surface area contributed by atoms with Gasteiger partial charge in [-0.1, -0.05) is 0 Å². The molecule has 25 atom stereocenters. The predicted octanol–water partition coefficient (Wildman–Crippen LogP) is -11.6. The van der Waals surface area contributed by atoms with Gasteiger partial charge in [-0.15, -0.1) is 0 Å². The Hall–Kier alpha value is -2.02. The molecule has 0 spiro atoms. The number of carbonyl (C=O) groups excluding carboxylic acids is 2. The third kappa shape index (κ3) is 11.0. The Morgan fingerprint density at radius 3 is 1.31 bits per heavy atom. The topological polar surface area (TPSA) is 445 Å². The van der Waals surface area contributed by atoms with Crippen LogP contribution in [0.3, 0.4) is 0 Å². The summed E-state index contributed by atoms with van der Waals surface area (Å²) in [6.07, 6.45) is -41.5. The fourth-order valence-corrected chi connectivity index (χ4v) is 7.73.